The van der Waals surface area contributed by atoms with Crippen LogP contribution < -0.4 is 11.1 Å². The Hall–Kier alpha value is -2.50. The van der Waals surface area contributed by atoms with Crippen LogP contribution in [0.2, 0.25) is 0 Å². The van der Waals surface area contributed by atoms with Gasteiger partial charge >= 0.3 is 0 Å². The number of para-hydroxylation sites is 1. The van der Waals surface area contributed by atoms with Gasteiger partial charge in [-0.05, 0) is 26.0 Å². The summed E-state index contributed by atoms with van der Waals surface area (Å²) in [7, 11) is 0. The molecule has 0 aliphatic heterocycles. The minimum atomic E-state index is -0.423. The zero-order valence-electron chi connectivity index (χ0n) is 10.8. The Labute approximate surface area is 110 Å². The third kappa shape index (κ3) is 2.67. The highest BCUT2D eigenvalue weighted by atomic mass is 16.3. The first-order valence-electron chi connectivity index (χ1n) is 5.92. The molecule has 1 heterocycles. The molecule has 6 heteroatoms. The number of benzene rings is 1. The van der Waals surface area contributed by atoms with Crippen LogP contribution in [0, 0.1) is 0 Å². The normalized spacial score (nSPS) is 10.7. The van der Waals surface area contributed by atoms with Gasteiger partial charge in [0.2, 0.25) is 0 Å². The fraction of sp³-hybridized carbons (Fsp3) is 0.231. The number of nitrogen functional groups attached to an aromatic ring is 1. The first-order valence-corrected chi connectivity index (χ1v) is 5.92. The van der Waals surface area contributed by atoms with Crippen LogP contribution in [-0.2, 0) is 0 Å². The second-order valence-electron chi connectivity index (χ2n) is 4.50. The van der Waals surface area contributed by atoms with Gasteiger partial charge in [0.15, 0.2) is 5.75 Å². The van der Waals surface area contributed by atoms with Gasteiger partial charge in [0.05, 0.1) is 23.1 Å². The van der Waals surface area contributed by atoms with Crippen molar-refractivity contribution in [1.82, 2.24) is 9.78 Å². The Morgan fingerprint density at radius 2 is 2.21 bits per heavy atom. The molecule has 0 unspecified atom stereocenters. The van der Waals surface area contributed by atoms with E-state index in [4.69, 9.17) is 5.73 Å². The number of rotatable bonds is 3. The standard InChI is InChI=1S/C13H16N4O2/c1-8(2)17-7-9(6-15-17)16-13(19)10-4-3-5-11(14)12(10)18/h3-8,18H,14H2,1-2H3,(H,16,19). The zero-order valence-corrected chi connectivity index (χ0v) is 10.8. The number of hydrogen-bond acceptors (Lipinski definition) is 4. The Bertz CT molecular complexity index is 604. The lowest BCUT2D eigenvalue weighted by Crippen LogP contribution is -2.12. The van der Waals surface area contributed by atoms with Crippen molar-refractivity contribution in [1.29, 1.82) is 0 Å². The maximum atomic E-state index is 12.0. The lowest BCUT2D eigenvalue weighted by molar-refractivity contribution is 0.102. The molecular formula is C13H16N4O2. The summed E-state index contributed by atoms with van der Waals surface area (Å²) < 4.78 is 1.73. The minimum absolute atomic E-state index is 0.136. The number of nitrogens with two attached hydrogens (primary N) is 1. The van der Waals surface area contributed by atoms with Gasteiger partial charge in [-0.25, -0.2) is 0 Å². The van der Waals surface area contributed by atoms with E-state index < -0.39 is 5.91 Å². The van der Waals surface area contributed by atoms with E-state index in [1.54, 1.807) is 23.1 Å². The zero-order chi connectivity index (χ0) is 14.0. The van der Waals surface area contributed by atoms with Gasteiger partial charge in [0.1, 0.15) is 0 Å². The summed E-state index contributed by atoms with van der Waals surface area (Å²) in [6.45, 7) is 3.98. The third-order valence-corrected chi connectivity index (χ3v) is 2.70. The molecule has 0 aliphatic carbocycles. The van der Waals surface area contributed by atoms with Gasteiger partial charge in [-0.3, -0.25) is 9.48 Å². The number of aromatic nitrogens is 2. The van der Waals surface area contributed by atoms with E-state index in [-0.39, 0.29) is 23.0 Å². The molecule has 1 aromatic carbocycles. The molecule has 0 saturated heterocycles. The molecule has 4 N–H and O–H groups in total. The number of carbonyl (C=O) groups is 1. The number of hydrogen-bond donors (Lipinski definition) is 3. The van der Waals surface area contributed by atoms with Gasteiger partial charge in [0, 0.05) is 12.2 Å². The van der Waals surface area contributed by atoms with E-state index in [1.807, 2.05) is 13.8 Å². The summed E-state index contributed by atoms with van der Waals surface area (Å²) in [6.07, 6.45) is 3.28. The van der Waals surface area contributed by atoms with Gasteiger partial charge in [-0.2, -0.15) is 5.10 Å². The first-order chi connectivity index (χ1) is 8.99. The van der Waals surface area contributed by atoms with E-state index in [0.717, 1.165) is 0 Å². The number of carbonyl (C=O) groups excluding carboxylic acids is 1. The smallest absolute Gasteiger partial charge is 0.259 e. The Morgan fingerprint density at radius 3 is 2.84 bits per heavy atom. The summed E-state index contributed by atoms with van der Waals surface area (Å²) in [5.74, 6) is -0.635. The van der Waals surface area contributed by atoms with Crippen molar-refractivity contribution in [2.24, 2.45) is 0 Å². The van der Waals surface area contributed by atoms with E-state index in [0.29, 0.717) is 5.69 Å². The van der Waals surface area contributed by atoms with Crippen LogP contribution in [0.4, 0.5) is 11.4 Å². The van der Waals surface area contributed by atoms with Crippen molar-refractivity contribution in [3.05, 3.63) is 36.2 Å². The first kappa shape index (κ1) is 12.9. The third-order valence-electron chi connectivity index (χ3n) is 2.70. The number of nitrogens with one attached hydrogen (secondary N) is 1. The molecule has 0 aliphatic rings. The van der Waals surface area contributed by atoms with Crippen molar-refractivity contribution in [3.8, 4) is 5.75 Å². The number of phenolic OH excluding ortho intramolecular Hbond substituents is 1. The van der Waals surface area contributed by atoms with E-state index in [9.17, 15) is 9.90 Å². The topological polar surface area (TPSA) is 93.2 Å². The number of aromatic hydroxyl groups is 1. The molecule has 0 radical (unpaired) electrons. The largest absolute Gasteiger partial charge is 0.505 e. The summed E-state index contributed by atoms with van der Waals surface area (Å²) in [6, 6.07) is 4.87. The quantitative estimate of drug-likeness (QED) is 0.581. The maximum Gasteiger partial charge on any atom is 0.259 e. The van der Waals surface area contributed by atoms with Gasteiger partial charge in [-0.15, -0.1) is 0 Å². The van der Waals surface area contributed by atoms with E-state index >= 15 is 0 Å². The Morgan fingerprint density at radius 1 is 1.47 bits per heavy atom. The summed E-state index contributed by atoms with van der Waals surface area (Å²) in [5, 5.41) is 16.5. The minimum Gasteiger partial charge on any atom is -0.505 e. The molecule has 2 aromatic rings. The van der Waals surface area contributed by atoms with Crippen LogP contribution >= 0.6 is 0 Å². The molecule has 1 aromatic heterocycles. The molecule has 19 heavy (non-hydrogen) atoms. The molecule has 2 rings (SSSR count). The molecule has 0 bridgehead atoms. The van der Waals surface area contributed by atoms with Crippen molar-refractivity contribution >= 4 is 17.3 Å². The van der Waals surface area contributed by atoms with E-state index in [2.05, 4.69) is 10.4 Å². The fourth-order valence-electron chi connectivity index (χ4n) is 1.63. The highest BCUT2D eigenvalue weighted by molar-refractivity contribution is 6.07. The molecule has 100 valence electrons. The van der Waals surface area contributed by atoms with Gasteiger partial charge in [-0.1, -0.05) is 6.07 Å². The lowest BCUT2D eigenvalue weighted by Gasteiger charge is -2.07. The van der Waals surface area contributed by atoms with Crippen molar-refractivity contribution < 1.29 is 9.90 Å². The van der Waals surface area contributed by atoms with Crippen LogP contribution in [0.1, 0.15) is 30.2 Å². The fourth-order valence-corrected chi connectivity index (χ4v) is 1.63. The highest BCUT2D eigenvalue weighted by Crippen LogP contribution is 2.25. The number of anilines is 2. The van der Waals surface area contributed by atoms with Crippen LogP contribution in [0.5, 0.6) is 5.75 Å². The van der Waals surface area contributed by atoms with Crippen molar-refractivity contribution in [2.45, 2.75) is 19.9 Å². The SMILES string of the molecule is CC(C)n1cc(NC(=O)c2cccc(N)c2O)cn1. The molecule has 6 nitrogen and oxygen atoms in total. The van der Waals surface area contributed by atoms with Gasteiger partial charge < -0.3 is 16.2 Å². The second-order valence-corrected chi connectivity index (χ2v) is 4.50. The summed E-state index contributed by atoms with van der Waals surface area (Å²) >= 11 is 0. The molecular weight excluding hydrogens is 244 g/mol. The van der Waals surface area contributed by atoms with Crippen LogP contribution in [0.3, 0.4) is 0 Å². The lowest BCUT2D eigenvalue weighted by atomic mass is 10.1. The average Bonchev–Trinajstić information content (AvgIpc) is 2.81. The molecule has 0 saturated carbocycles. The summed E-state index contributed by atoms with van der Waals surface area (Å²) in [5.41, 5.74) is 6.43. The predicted octanol–water partition coefficient (Wildman–Crippen LogP) is 2.00. The van der Waals surface area contributed by atoms with Crippen LogP contribution in [-0.4, -0.2) is 20.8 Å². The van der Waals surface area contributed by atoms with Gasteiger partial charge in [0.25, 0.3) is 5.91 Å². The molecule has 1 amide bonds. The number of phenols is 1. The summed E-state index contributed by atoms with van der Waals surface area (Å²) in [4.78, 5) is 12.0. The molecule has 0 fully saturated rings. The Balaban J connectivity index is 2.18. The molecule has 0 spiro atoms. The predicted molar refractivity (Wildman–Crippen MR) is 73.1 cm³/mol. The van der Waals surface area contributed by atoms with E-state index in [1.165, 1.54) is 12.1 Å². The molecule has 0 atom stereocenters. The van der Waals surface area contributed by atoms with Crippen molar-refractivity contribution in [2.75, 3.05) is 11.1 Å². The van der Waals surface area contributed by atoms with Crippen molar-refractivity contribution in [3.63, 3.8) is 0 Å². The second kappa shape index (κ2) is 5.01. The number of nitrogens with zero attached hydrogens (tertiary/aromatic N) is 2. The monoisotopic (exact) mass is 260 g/mol. The average molecular weight is 260 g/mol. The maximum absolute atomic E-state index is 12.0. The van der Waals surface area contributed by atoms with Crippen LogP contribution in [0.15, 0.2) is 30.6 Å². The highest BCUT2D eigenvalue weighted by Gasteiger charge is 2.14. The van der Waals surface area contributed by atoms with Crippen LogP contribution in [0.25, 0.3) is 0 Å². The number of amides is 1. The Kier molecular flexibility index (Phi) is 3.41.